The molecule has 3 rings (SSSR count). The number of allylic oxidation sites excluding steroid dienone is 2. The Morgan fingerprint density at radius 3 is 2.31 bits per heavy atom. The molecule has 132 valence electrons. The molecule has 26 heavy (non-hydrogen) atoms. The van der Waals surface area contributed by atoms with E-state index < -0.39 is 0 Å². The predicted octanol–water partition coefficient (Wildman–Crippen LogP) is 4.17. The van der Waals surface area contributed by atoms with Gasteiger partial charge in [-0.25, -0.2) is 4.98 Å². The van der Waals surface area contributed by atoms with Crippen LogP contribution in [0.15, 0.2) is 91.8 Å². The van der Waals surface area contributed by atoms with Crippen LogP contribution in [0.5, 0.6) is 0 Å². The summed E-state index contributed by atoms with van der Waals surface area (Å²) < 4.78 is 0. The van der Waals surface area contributed by atoms with Crippen molar-refractivity contribution < 1.29 is 0 Å². The number of aryl methyl sites for hydroxylation is 1. The Hall–Kier alpha value is -3.08. The molecule has 3 aromatic rings. The zero-order chi connectivity index (χ0) is 18.6. The van der Waals surface area contributed by atoms with Gasteiger partial charge in [-0.1, -0.05) is 55.1 Å². The quantitative estimate of drug-likeness (QED) is 0.414. The number of nitrogens with zero attached hydrogens (tertiary/aromatic N) is 2. The molecule has 0 spiro atoms. The van der Waals surface area contributed by atoms with Gasteiger partial charge in [0.15, 0.2) is 0 Å². The molecule has 0 atom stereocenters. The van der Waals surface area contributed by atoms with Crippen LogP contribution < -0.4 is 11.3 Å². The number of nitrogens with one attached hydrogen (secondary N) is 1. The summed E-state index contributed by atoms with van der Waals surface area (Å²) in [6.45, 7) is 6.50. The Balaban J connectivity index is 0.000000342. The summed E-state index contributed by atoms with van der Waals surface area (Å²) in [7, 11) is 0. The van der Waals surface area contributed by atoms with Crippen molar-refractivity contribution in [1.29, 1.82) is 0 Å². The topological polar surface area (TPSA) is 63.8 Å². The molecule has 4 heteroatoms. The Labute approximate surface area is 155 Å². The molecule has 4 nitrogen and oxygen atoms in total. The van der Waals surface area contributed by atoms with E-state index in [0.717, 1.165) is 22.5 Å². The standard InChI is InChI=1S/C17H19N3.C5H5N/c1-3-14(9-10-19-18)16-11-13(2)12-17(20-16)15-7-5-4-6-8-15;1-2-4-6-5-3-1/h3-9,11-12,19H,1,10,18H2,2H3;1-5H/b14-9+;. The lowest BCUT2D eigenvalue weighted by molar-refractivity contribution is 0.824. The smallest absolute Gasteiger partial charge is 0.0712 e. The predicted molar refractivity (Wildman–Crippen MR) is 109 cm³/mol. The minimum atomic E-state index is 0.581. The van der Waals surface area contributed by atoms with Crippen molar-refractivity contribution in [3.05, 3.63) is 103 Å². The second-order valence-corrected chi connectivity index (χ2v) is 5.58. The van der Waals surface area contributed by atoms with Gasteiger partial charge in [0, 0.05) is 24.5 Å². The van der Waals surface area contributed by atoms with Crippen LogP contribution in [-0.2, 0) is 0 Å². The summed E-state index contributed by atoms with van der Waals surface area (Å²) >= 11 is 0. The summed E-state index contributed by atoms with van der Waals surface area (Å²) in [5, 5.41) is 0. The van der Waals surface area contributed by atoms with Crippen LogP contribution >= 0.6 is 0 Å². The lowest BCUT2D eigenvalue weighted by atomic mass is 10.1. The molecule has 0 unspecified atom stereocenters. The maximum Gasteiger partial charge on any atom is 0.0712 e. The maximum absolute atomic E-state index is 5.31. The molecule has 0 saturated carbocycles. The van der Waals surface area contributed by atoms with Gasteiger partial charge in [-0.2, -0.15) is 0 Å². The molecule has 0 saturated heterocycles. The molecule has 0 aliphatic rings. The zero-order valence-corrected chi connectivity index (χ0v) is 15.0. The van der Waals surface area contributed by atoms with Crippen LogP contribution in [-0.4, -0.2) is 16.5 Å². The van der Waals surface area contributed by atoms with Crippen LogP contribution in [0, 0.1) is 6.92 Å². The van der Waals surface area contributed by atoms with Gasteiger partial charge in [-0.3, -0.25) is 16.3 Å². The minimum Gasteiger partial charge on any atom is -0.271 e. The summed E-state index contributed by atoms with van der Waals surface area (Å²) in [4.78, 5) is 8.50. The van der Waals surface area contributed by atoms with Gasteiger partial charge in [-0.05, 0) is 42.3 Å². The van der Waals surface area contributed by atoms with Gasteiger partial charge < -0.3 is 0 Å². The average Bonchev–Trinajstić information content (AvgIpc) is 2.71. The van der Waals surface area contributed by atoms with Crippen molar-refractivity contribution in [2.24, 2.45) is 5.84 Å². The van der Waals surface area contributed by atoms with E-state index in [9.17, 15) is 0 Å². The molecule has 0 amide bonds. The number of hydrogen-bond acceptors (Lipinski definition) is 4. The first kappa shape index (κ1) is 19.2. The third kappa shape index (κ3) is 6.09. The van der Waals surface area contributed by atoms with Crippen molar-refractivity contribution in [2.45, 2.75) is 6.92 Å². The van der Waals surface area contributed by atoms with E-state index >= 15 is 0 Å². The molecular weight excluding hydrogens is 320 g/mol. The first-order valence-electron chi connectivity index (χ1n) is 8.40. The van der Waals surface area contributed by atoms with Crippen molar-refractivity contribution in [3.63, 3.8) is 0 Å². The Morgan fingerprint density at radius 2 is 1.77 bits per heavy atom. The fraction of sp³-hybridized carbons (Fsp3) is 0.0909. The molecule has 3 N–H and O–H groups in total. The van der Waals surface area contributed by atoms with Gasteiger partial charge in [0.2, 0.25) is 0 Å². The van der Waals surface area contributed by atoms with Crippen LogP contribution in [0.3, 0.4) is 0 Å². The van der Waals surface area contributed by atoms with E-state index in [2.05, 4.69) is 48.2 Å². The number of rotatable bonds is 5. The van der Waals surface area contributed by atoms with E-state index in [1.165, 1.54) is 5.56 Å². The molecule has 0 radical (unpaired) electrons. The van der Waals surface area contributed by atoms with Crippen LogP contribution in [0.2, 0.25) is 0 Å². The first-order chi connectivity index (χ1) is 12.7. The fourth-order valence-electron chi connectivity index (χ4n) is 2.35. The summed E-state index contributed by atoms with van der Waals surface area (Å²) in [5.74, 6) is 5.31. The van der Waals surface area contributed by atoms with E-state index in [-0.39, 0.29) is 0 Å². The second-order valence-electron chi connectivity index (χ2n) is 5.58. The van der Waals surface area contributed by atoms with Gasteiger partial charge >= 0.3 is 0 Å². The Kier molecular flexibility index (Phi) is 7.93. The highest BCUT2D eigenvalue weighted by atomic mass is 15.2. The number of pyridine rings is 2. The van der Waals surface area contributed by atoms with Gasteiger partial charge in [0.05, 0.1) is 11.4 Å². The third-order valence-electron chi connectivity index (χ3n) is 3.56. The van der Waals surface area contributed by atoms with E-state index in [0.29, 0.717) is 6.54 Å². The lowest BCUT2D eigenvalue weighted by Crippen LogP contribution is -2.21. The normalized spacial score (nSPS) is 10.6. The van der Waals surface area contributed by atoms with E-state index in [1.54, 1.807) is 18.5 Å². The second kappa shape index (κ2) is 10.7. The molecule has 0 fully saturated rings. The van der Waals surface area contributed by atoms with E-state index in [4.69, 9.17) is 10.8 Å². The van der Waals surface area contributed by atoms with Crippen molar-refractivity contribution >= 4 is 5.57 Å². The lowest BCUT2D eigenvalue weighted by Gasteiger charge is -2.08. The summed E-state index contributed by atoms with van der Waals surface area (Å²) in [6.07, 6.45) is 7.28. The highest BCUT2D eigenvalue weighted by Gasteiger charge is 2.05. The molecule has 1 aromatic carbocycles. The van der Waals surface area contributed by atoms with Crippen molar-refractivity contribution in [1.82, 2.24) is 15.4 Å². The molecule has 0 aliphatic heterocycles. The monoisotopic (exact) mass is 344 g/mol. The van der Waals surface area contributed by atoms with Gasteiger partial charge in [0.1, 0.15) is 0 Å². The molecule has 0 bridgehead atoms. The zero-order valence-electron chi connectivity index (χ0n) is 15.0. The third-order valence-corrected chi connectivity index (χ3v) is 3.56. The Morgan fingerprint density at radius 1 is 1.08 bits per heavy atom. The molecule has 2 aromatic heterocycles. The number of hydrazine groups is 1. The number of benzene rings is 1. The summed E-state index contributed by atoms with van der Waals surface area (Å²) in [5.41, 5.74) is 7.74. The fourth-order valence-corrected chi connectivity index (χ4v) is 2.35. The minimum absolute atomic E-state index is 0.581. The SMILES string of the molecule is C=C/C(=C\CNN)c1cc(C)cc(-c2ccccc2)n1.c1ccncc1. The average molecular weight is 344 g/mol. The van der Waals surface area contributed by atoms with Gasteiger partial charge in [-0.15, -0.1) is 0 Å². The molecule has 2 heterocycles. The molecule has 0 aliphatic carbocycles. The van der Waals surface area contributed by atoms with Gasteiger partial charge in [0.25, 0.3) is 0 Å². The number of aromatic nitrogens is 2. The van der Waals surface area contributed by atoms with Crippen LogP contribution in [0.25, 0.3) is 16.8 Å². The maximum atomic E-state index is 5.31. The number of nitrogens with two attached hydrogens (primary N) is 1. The van der Waals surface area contributed by atoms with E-state index in [1.807, 2.05) is 42.5 Å². The highest BCUT2D eigenvalue weighted by molar-refractivity contribution is 5.73. The van der Waals surface area contributed by atoms with Crippen molar-refractivity contribution in [3.8, 4) is 11.3 Å². The highest BCUT2D eigenvalue weighted by Crippen LogP contribution is 2.22. The summed E-state index contributed by atoms with van der Waals surface area (Å²) in [6, 6.07) is 20.0. The Bertz CT molecular complexity index is 801. The first-order valence-corrected chi connectivity index (χ1v) is 8.40. The van der Waals surface area contributed by atoms with Crippen LogP contribution in [0.4, 0.5) is 0 Å². The largest absolute Gasteiger partial charge is 0.271 e. The molecular formula is C22H24N4. The van der Waals surface area contributed by atoms with Crippen molar-refractivity contribution in [2.75, 3.05) is 6.54 Å². The number of hydrogen-bond donors (Lipinski definition) is 2. The van der Waals surface area contributed by atoms with Crippen LogP contribution in [0.1, 0.15) is 11.3 Å².